The van der Waals surface area contributed by atoms with Crippen LogP contribution >= 0.6 is 0 Å². The van der Waals surface area contributed by atoms with E-state index in [1.807, 2.05) is 70.2 Å². The average molecular weight is 638 g/mol. The van der Waals surface area contributed by atoms with E-state index < -0.39 is 30.2 Å². The average Bonchev–Trinajstić information content (AvgIpc) is 3.39. The second-order valence-corrected chi connectivity index (χ2v) is 20.5. The molecule has 2 N–H and O–H groups in total. The highest BCUT2D eigenvalue weighted by molar-refractivity contribution is 7.90. The molecule has 0 radical (unpaired) electrons. The molecule has 0 aliphatic rings. The molecule has 4 aromatic rings. The minimum Gasteiger partial charge on any atom is -0.598 e. The number of aliphatic hydroxyl groups is 1. The number of rotatable bonds is 11. The normalized spacial score (nSPS) is 14.9. The number of pyridine rings is 2. The van der Waals surface area contributed by atoms with E-state index in [4.69, 9.17) is 19.1 Å². The van der Waals surface area contributed by atoms with Crippen molar-refractivity contribution in [3.05, 3.63) is 66.1 Å². The Hall–Kier alpha value is -2.80. The largest absolute Gasteiger partial charge is 0.598 e. The second-order valence-electron chi connectivity index (χ2n) is 13.7. The molecule has 0 aliphatic heterocycles. The Morgan fingerprint density at radius 2 is 1.73 bits per heavy atom. The molecule has 2 atom stereocenters. The first-order valence-electron chi connectivity index (χ1n) is 15.0. The van der Waals surface area contributed by atoms with Gasteiger partial charge in [0.1, 0.15) is 10.5 Å². The highest BCUT2D eigenvalue weighted by Gasteiger charge is 2.40. The third-order valence-corrected chi connectivity index (χ3v) is 14.3. The fraction of sp³-hybridized carbons (Fsp3) is 0.485. The Morgan fingerprint density at radius 3 is 2.36 bits per heavy atom. The van der Waals surface area contributed by atoms with Crippen molar-refractivity contribution in [2.75, 3.05) is 7.11 Å². The highest BCUT2D eigenvalue weighted by Crippen LogP contribution is 2.37. The van der Waals surface area contributed by atoms with Crippen LogP contribution in [0, 0.1) is 0 Å². The Balaban J connectivity index is 1.74. The van der Waals surface area contributed by atoms with Crippen LogP contribution in [0.5, 0.6) is 5.75 Å². The van der Waals surface area contributed by atoms with Gasteiger partial charge in [-0.1, -0.05) is 46.2 Å². The van der Waals surface area contributed by atoms with Crippen LogP contribution in [0.3, 0.4) is 0 Å². The number of nitrogens with one attached hydrogen (secondary N) is 1. The zero-order valence-corrected chi connectivity index (χ0v) is 29.5. The van der Waals surface area contributed by atoms with Gasteiger partial charge in [-0.05, 0) is 81.7 Å². The Kier molecular flexibility index (Phi) is 9.99. The van der Waals surface area contributed by atoms with Crippen LogP contribution in [0.25, 0.3) is 28.0 Å². The molecular formula is C33H47N5O4SSi. The van der Waals surface area contributed by atoms with Gasteiger partial charge >= 0.3 is 0 Å². The van der Waals surface area contributed by atoms with Gasteiger partial charge in [-0.3, -0.25) is 0 Å². The summed E-state index contributed by atoms with van der Waals surface area (Å²) in [6.07, 6.45) is 2.79. The molecule has 0 saturated heterocycles. The molecule has 0 saturated carbocycles. The molecule has 238 valence electrons. The van der Waals surface area contributed by atoms with Gasteiger partial charge < -0.3 is 18.8 Å². The third kappa shape index (κ3) is 7.35. The van der Waals surface area contributed by atoms with E-state index in [-0.39, 0.29) is 5.04 Å². The number of aromatic nitrogens is 4. The summed E-state index contributed by atoms with van der Waals surface area (Å²) < 4.78 is 29.4. The predicted octanol–water partition coefficient (Wildman–Crippen LogP) is 7.01. The smallest absolute Gasteiger partial charge is 0.200 e. The molecule has 3 aromatic heterocycles. The predicted molar refractivity (Wildman–Crippen MR) is 180 cm³/mol. The van der Waals surface area contributed by atoms with Gasteiger partial charge in [-0.2, -0.15) is 5.10 Å². The Morgan fingerprint density at radius 1 is 1.02 bits per heavy atom. The van der Waals surface area contributed by atoms with E-state index in [1.165, 1.54) is 0 Å². The maximum Gasteiger partial charge on any atom is 0.200 e. The summed E-state index contributed by atoms with van der Waals surface area (Å²) in [5.74, 6) is 1.31. The summed E-state index contributed by atoms with van der Waals surface area (Å²) in [5.41, 5.74) is 1.90. The molecule has 1 aromatic carbocycles. The molecule has 9 nitrogen and oxygen atoms in total. The molecule has 0 spiro atoms. The summed E-state index contributed by atoms with van der Waals surface area (Å²) in [5, 5.41) is 17.3. The van der Waals surface area contributed by atoms with Crippen molar-refractivity contribution in [3.63, 3.8) is 0 Å². The van der Waals surface area contributed by atoms with Crippen molar-refractivity contribution < 1.29 is 18.8 Å². The first kappa shape index (κ1) is 34.1. The lowest BCUT2D eigenvalue weighted by atomic mass is 10.0. The van der Waals surface area contributed by atoms with E-state index >= 15 is 0 Å². The topological polar surface area (TPSA) is 117 Å². The Labute approximate surface area is 265 Å². The molecule has 0 aliphatic carbocycles. The van der Waals surface area contributed by atoms with Crippen LogP contribution in [0.1, 0.15) is 72.7 Å². The van der Waals surface area contributed by atoms with Gasteiger partial charge in [-0.15, -0.1) is 4.72 Å². The van der Waals surface area contributed by atoms with Gasteiger partial charge in [-0.25, -0.2) is 14.6 Å². The van der Waals surface area contributed by atoms with Crippen molar-refractivity contribution in [1.82, 2.24) is 24.5 Å². The molecule has 0 amide bonds. The van der Waals surface area contributed by atoms with Crippen molar-refractivity contribution in [2.24, 2.45) is 0 Å². The van der Waals surface area contributed by atoms with Crippen molar-refractivity contribution in [1.29, 1.82) is 0 Å². The molecule has 2 unspecified atom stereocenters. The summed E-state index contributed by atoms with van der Waals surface area (Å²) in [6.45, 7) is 19.1. The molecular weight excluding hydrogens is 591 g/mol. The van der Waals surface area contributed by atoms with Crippen molar-refractivity contribution in [2.45, 2.75) is 96.5 Å². The van der Waals surface area contributed by atoms with Crippen LogP contribution in [0.15, 0.2) is 54.7 Å². The molecule has 0 fully saturated rings. The van der Waals surface area contributed by atoms with Gasteiger partial charge in [0.25, 0.3) is 0 Å². The summed E-state index contributed by atoms with van der Waals surface area (Å²) in [6, 6.07) is 15.3. The van der Waals surface area contributed by atoms with Crippen LogP contribution in [-0.4, -0.2) is 49.6 Å². The van der Waals surface area contributed by atoms with Gasteiger partial charge in [0, 0.05) is 16.9 Å². The molecule has 4 rings (SSSR count). The van der Waals surface area contributed by atoms with E-state index in [1.54, 1.807) is 24.1 Å². The first-order chi connectivity index (χ1) is 20.5. The number of hydrogen-bond acceptors (Lipinski definition) is 8. The van der Waals surface area contributed by atoms with E-state index in [0.717, 1.165) is 22.2 Å². The summed E-state index contributed by atoms with van der Waals surface area (Å²) in [4.78, 5) is 9.75. The maximum absolute atomic E-state index is 13.0. The lowest BCUT2D eigenvalue weighted by molar-refractivity contribution is 0.0101. The number of methoxy groups -OCH3 is 1. The standard InChI is InChI=1S/C33H47N5O4SSi/c1-11-18-33(39,37-43(40)31(2,3)4)29-16-13-15-26(36-29)23-19-27-25(28(20-23)41-8)21-34-38(27)30-17-12-14-24(35-30)22-42-44(9,10)32(5,6)7/h12-17,19-21,37,39H,11,18,22H2,1-10H3. The summed E-state index contributed by atoms with van der Waals surface area (Å²) in [7, 11) is -0.312. The Bertz CT molecular complexity index is 1600. The number of hydrogen-bond donors (Lipinski definition) is 2. The van der Waals surface area contributed by atoms with Crippen LogP contribution < -0.4 is 9.46 Å². The summed E-state index contributed by atoms with van der Waals surface area (Å²) >= 11 is -1.50. The molecule has 3 heterocycles. The molecule has 11 heteroatoms. The van der Waals surface area contributed by atoms with Gasteiger partial charge in [0.15, 0.2) is 19.9 Å². The van der Waals surface area contributed by atoms with Gasteiger partial charge in [0.05, 0.1) is 47.9 Å². The van der Waals surface area contributed by atoms with Crippen LogP contribution in [-0.2, 0) is 28.1 Å². The number of nitrogens with zero attached hydrogens (tertiary/aromatic N) is 4. The third-order valence-electron chi connectivity index (χ3n) is 8.16. The zero-order chi connectivity index (χ0) is 32.5. The van der Waals surface area contributed by atoms with Crippen LogP contribution in [0.2, 0.25) is 18.1 Å². The van der Waals surface area contributed by atoms with E-state index in [0.29, 0.717) is 42.4 Å². The monoisotopic (exact) mass is 637 g/mol. The second kappa shape index (κ2) is 12.9. The zero-order valence-electron chi connectivity index (χ0n) is 27.7. The first-order valence-corrected chi connectivity index (χ1v) is 19.1. The minimum atomic E-state index is -1.94. The molecule has 44 heavy (non-hydrogen) atoms. The highest BCUT2D eigenvalue weighted by atomic mass is 32.2. The van der Waals surface area contributed by atoms with Gasteiger partial charge in [0.2, 0.25) is 0 Å². The number of benzene rings is 1. The fourth-order valence-corrected chi connectivity index (χ4v) is 6.22. The van der Waals surface area contributed by atoms with Crippen LogP contribution in [0.4, 0.5) is 0 Å². The fourth-order valence-electron chi connectivity index (χ4n) is 4.46. The molecule has 0 bridgehead atoms. The van der Waals surface area contributed by atoms with E-state index in [9.17, 15) is 9.66 Å². The lowest BCUT2D eigenvalue weighted by Gasteiger charge is -2.36. The van der Waals surface area contributed by atoms with E-state index in [2.05, 4.69) is 43.7 Å². The number of ether oxygens (including phenoxy) is 1. The maximum atomic E-state index is 13.0. The quantitative estimate of drug-likeness (QED) is 0.102. The SMILES string of the molecule is CCCC(O)(N[S+]([O-])C(C)(C)C)c1cccc(-c2cc(OC)c3cnn(-c4cccc(CO[Si](C)(C)C(C)(C)C)n4)c3c2)n1. The van der Waals surface area contributed by atoms with Crippen molar-refractivity contribution in [3.8, 4) is 22.8 Å². The van der Waals surface area contributed by atoms with Crippen molar-refractivity contribution >= 4 is 30.6 Å². The lowest BCUT2D eigenvalue weighted by Crippen LogP contribution is -2.51. The minimum absolute atomic E-state index is 0.104. The number of fused-ring (bicyclic) bond motifs is 1.